The van der Waals surface area contributed by atoms with E-state index in [-0.39, 0.29) is 0 Å². The SMILES string of the molecule is Cc1cc(/C=C/C(=O)O)cc(NC(=O)CCC(F)(F)F)c1. The van der Waals surface area contributed by atoms with Crippen LogP contribution in [0.25, 0.3) is 6.08 Å². The molecule has 7 heteroatoms. The number of hydrogen-bond acceptors (Lipinski definition) is 2. The van der Waals surface area contributed by atoms with Crippen molar-refractivity contribution < 1.29 is 27.9 Å². The van der Waals surface area contributed by atoms with Gasteiger partial charge in [-0.25, -0.2) is 4.79 Å². The summed E-state index contributed by atoms with van der Waals surface area (Å²) in [4.78, 5) is 21.9. The number of anilines is 1. The van der Waals surface area contributed by atoms with Crippen molar-refractivity contribution in [1.82, 2.24) is 0 Å². The molecule has 114 valence electrons. The van der Waals surface area contributed by atoms with Crippen LogP contribution in [0.3, 0.4) is 0 Å². The predicted molar refractivity (Wildman–Crippen MR) is 71.8 cm³/mol. The van der Waals surface area contributed by atoms with E-state index in [9.17, 15) is 22.8 Å². The van der Waals surface area contributed by atoms with Crippen LogP contribution in [0.15, 0.2) is 24.3 Å². The van der Waals surface area contributed by atoms with Crippen molar-refractivity contribution in [2.45, 2.75) is 25.9 Å². The Morgan fingerprint density at radius 1 is 1.29 bits per heavy atom. The summed E-state index contributed by atoms with van der Waals surface area (Å²) in [7, 11) is 0. The van der Waals surface area contributed by atoms with E-state index in [2.05, 4.69) is 5.32 Å². The number of aliphatic carboxylic acids is 1. The van der Waals surface area contributed by atoms with Gasteiger partial charge in [0.1, 0.15) is 0 Å². The summed E-state index contributed by atoms with van der Waals surface area (Å²) in [5.74, 6) is -1.86. The Bertz CT molecular complexity index is 565. The van der Waals surface area contributed by atoms with Crippen LogP contribution in [0.2, 0.25) is 0 Å². The molecule has 0 unspecified atom stereocenters. The zero-order chi connectivity index (χ0) is 16.0. The molecule has 1 rings (SSSR count). The first kappa shape index (κ1) is 16.7. The largest absolute Gasteiger partial charge is 0.478 e. The van der Waals surface area contributed by atoms with Crippen molar-refractivity contribution in [3.8, 4) is 0 Å². The maximum absolute atomic E-state index is 12.0. The van der Waals surface area contributed by atoms with Crippen LogP contribution in [0.4, 0.5) is 18.9 Å². The van der Waals surface area contributed by atoms with Gasteiger partial charge in [0.25, 0.3) is 0 Å². The summed E-state index contributed by atoms with van der Waals surface area (Å²) in [6.45, 7) is 1.73. The monoisotopic (exact) mass is 301 g/mol. The molecule has 1 amide bonds. The van der Waals surface area contributed by atoms with Gasteiger partial charge in [0, 0.05) is 18.2 Å². The fourth-order valence-corrected chi connectivity index (χ4v) is 1.63. The standard InChI is InChI=1S/C14H14F3NO3/c1-9-6-10(2-3-13(20)21)8-11(7-9)18-12(19)4-5-14(15,16)17/h2-3,6-8H,4-5H2,1H3,(H,18,19)(H,20,21)/b3-2+. The summed E-state index contributed by atoms with van der Waals surface area (Å²) >= 11 is 0. The Kier molecular flexibility index (Phi) is 5.52. The Morgan fingerprint density at radius 3 is 2.52 bits per heavy atom. The van der Waals surface area contributed by atoms with Crippen LogP contribution < -0.4 is 5.32 Å². The minimum Gasteiger partial charge on any atom is -0.478 e. The minimum atomic E-state index is -4.38. The maximum Gasteiger partial charge on any atom is 0.389 e. The lowest BCUT2D eigenvalue weighted by molar-refractivity contribution is -0.142. The van der Waals surface area contributed by atoms with Gasteiger partial charge in [-0.15, -0.1) is 0 Å². The van der Waals surface area contributed by atoms with E-state index in [1.807, 2.05) is 0 Å². The molecular weight excluding hydrogens is 287 g/mol. The van der Waals surface area contributed by atoms with Gasteiger partial charge in [0.05, 0.1) is 6.42 Å². The van der Waals surface area contributed by atoms with E-state index in [4.69, 9.17) is 5.11 Å². The van der Waals surface area contributed by atoms with E-state index < -0.39 is 30.9 Å². The molecule has 0 aliphatic heterocycles. The van der Waals surface area contributed by atoms with Crippen molar-refractivity contribution in [3.05, 3.63) is 35.4 Å². The minimum absolute atomic E-state index is 0.326. The number of alkyl halides is 3. The number of rotatable bonds is 5. The molecule has 0 fully saturated rings. The van der Waals surface area contributed by atoms with E-state index in [0.29, 0.717) is 11.3 Å². The van der Waals surface area contributed by atoms with Gasteiger partial charge in [-0.1, -0.05) is 6.07 Å². The fourth-order valence-electron chi connectivity index (χ4n) is 1.63. The van der Waals surface area contributed by atoms with Crippen LogP contribution in [0.1, 0.15) is 24.0 Å². The third-order valence-electron chi connectivity index (χ3n) is 2.44. The first-order valence-corrected chi connectivity index (χ1v) is 6.05. The number of hydrogen-bond donors (Lipinski definition) is 2. The second kappa shape index (κ2) is 6.92. The van der Waals surface area contributed by atoms with E-state index in [1.54, 1.807) is 19.1 Å². The summed E-state index contributed by atoms with van der Waals surface area (Å²) in [6.07, 6.45) is -3.95. The highest BCUT2D eigenvalue weighted by molar-refractivity contribution is 5.91. The van der Waals surface area contributed by atoms with Gasteiger partial charge in [-0.05, 0) is 36.3 Å². The Morgan fingerprint density at radius 2 is 1.95 bits per heavy atom. The molecule has 0 saturated heterocycles. The molecule has 1 aromatic carbocycles. The quantitative estimate of drug-likeness (QED) is 0.819. The summed E-state index contributed by atoms with van der Waals surface area (Å²) < 4.78 is 36.0. The maximum atomic E-state index is 12.0. The molecule has 1 aromatic rings. The fraction of sp³-hybridized carbons (Fsp3) is 0.286. The number of nitrogens with one attached hydrogen (secondary N) is 1. The van der Waals surface area contributed by atoms with Gasteiger partial charge < -0.3 is 10.4 Å². The molecule has 0 heterocycles. The molecule has 21 heavy (non-hydrogen) atoms. The highest BCUT2D eigenvalue weighted by Crippen LogP contribution is 2.22. The van der Waals surface area contributed by atoms with E-state index in [1.165, 1.54) is 12.1 Å². The summed E-state index contributed by atoms with van der Waals surface area (Å²) in [5.41, 5.74) is 1.60. The molecule has 0 aliphatic carbocycles. The molecule has 0 aromatic heterocycles. The number of halogens is 3. The van der Waals surface area contributed by atoms with Crippen molar-refractivity contribution in [2.75, 3.05) is 5.32 Å². The molecule has 0 saturated carbocycles. The average molecular weight is 301 g/mol. The van der Waals surface area contributed by atoms with Gasteiger partial charge in [-0.3, -0.25) is 4.79 Å². The first-order chi connectivity index (χ1) is 9.65. The molecular formula is C14H14F3NO3. The molecule has 0 radical (unpaired) electrons. The normalized spacial score (nSPS) is 11.6. The van der Waals surface area contributed by atoms with Gasteiger partial charge in [0.2, 0.25) is 5.91 Å². The second-order valence-corrected chi connectivity index (χ2v) is 4.47. The molecule has 2 N–H and O–H groups in total. The highest BCUT2D eigenvalue weighted by Gasteiger charge is 2.27. The van der Waals surface area contributed by atoms with E-state index >= 15 is 0 Å². The predicted octanol–water partition coefficient (Wildman–Crippen LogP) is 3.37. The Hall–Kier alpha value is -2.31. The van der Waals surface area contributed by atoms with Gasteiger partial charge in [-0.2, -0.15) is 13.2 Å². The third-order valence-corrected chi connectivity index (χ3v) is 2.44. The number of carbonyl (C=O) groups is 2. The molecule has 0 atom stereocenters. The zero-order valence-corrected chi connectivity index (χ0v) is 11.2. The number of amides is 1. The van der Waals surface area contributed by atoms with Crippen molar-refractivity contribution in [3.63, 3.8) is 0 Å². The number of carboxylic acids is 1. The third kappa shape index (κ3) is 7.14. The second-order valence-electron chi connectivity index (χ2n) is 4.47. The highest BCUT2D eigenvalue weighted by atomic mass is 19.4. The van der Waals surface area contributed by atoms with Gasteiger partial charge >= 0.3 is 12.1 Å². The first-order valence-electron chi connectivity index (χ1n) is 6.05. The van der Waals surface area contributed by atoms with Crippen LogP contribution in [0.5, 0.6) is 0 Å². The number of carboxylic acid groups (broad SMARTS) is 1. The topological polar surface area (TPSA) is 66.4 Å². The molecule has 0 aliphatic rings. The van der Waals surface area contributed by atoms with Crippen molar-refractivity contribution in [2.24, 2.45) is 0 Å². The average Bonchev–Trinajstić information content (AvgIpc) is 2.32. The lowest BCUT2D eigenvalue weighted by Crippen LogP contribution is -2.16. The van der Waals surface area contributed by atoms with Crippen LogP contribution in [-0.4, -0.2) is 23.2 Å². The smallest absolute Gasteiger partial charge is 0.389 e. The van der Waals surface area contributed by atoms with Crippen LogP contribution in [0, 0.1) is 6.92 Å². The molecule has 0 bridgehead atoms. The van der Waals surface area contributed by atoms with Gasteiger partial charge in [0.15, 0.2) is 0 Å². The summed E-state index contributed by atoms with van der Waals surface area (Å²) in [5, 5.41) is 10.9. The zero-order valence-electron chi connectivity index (χ0n) is 11.2. The molecule has 4 nitrogen and oxygen atoms in total. The Labute approximate surface area is 119 Å². The van der Waals surface area contributed by atoms with Crippen molar-refractivity contribution in [1.29, 1.82) is 0 Å². The number of carbonyl (C=O) groups excluding carboxylic acids is 1. The lowest BCUT2D eigenvalue weighted by atomic mass is 10.1. The van der Waals surface area contributed by atoms with E-state index in [0.717, 1.165) is 11.6 Å². The lowest BCUT2D eigenvalue weighted by Gasteiger charge is -2.09. The van der Waals surface area contributed by atoms with Crippen molar-refractivity contribution >= 4 is 23.6 Å². The Balaban J connectivity index is 2.75. The number of aryl methyl sites for hydroxylation is 1. The van der Waals surface area contributed by atoms with Crippen LogP contribution in [-0.2, 0) is 9.59 Å². The molecule has 0 spiro atoms. The summed E-state index contributed by atoms with van der Waals surface area (Å²) in [6, 6.07) is 4.76. The van der Waals surface area contributed by atoms with Crippen LogP contribution >= 0.6 is 0 Å². The number of benzene rings is 1.